The van der Waals surface area contributed by atoms with Crippen molar-refractivity contribution in [1.29, 1.82) is 0 Å². The zero-order valence-electron chi connectivity index (χ0n) is 9.07. The van der Waals surface area contributed by atoms with Crippen LogP contribution in [0.3, 0.4) is 0 Å². The summed E-state index contributed by atoms with van der Waals surface area (Å²) < 4.78 is 5.55. The molecule has 1 heterocycles. The number of aryl methyl sites for hydroxylation is 1. The van der Waals surface area contributed by atoms with E-state index in [9.17, 15) is 4.79 Å². The molecule has 0 aromatic heterocycles. The van der Waals surface area contributed by atoms with Gasteiger partial charge in [0.15, 0.2) is 6.10 Å². The molecule has 80 valence electrons. The molecule has 0 N–H and O–H groups in total. The van der Waals surface area contributed by atoms with Crippen molar-refractivity contribution in [2.24, 2.45) is 0 Å². The highest BCUT2D eigenvalue weighted by Crippen LogP contribution is 2.33. The minimum atomic E-state index is -0.391. The molecule has 0 spiro atoms. The van der Waals surface area contributed by atoms with Crippen LogP contribution in [0.2, 0.25) is 0 Å². The van der Waals surface area contributed by atoms with Gasteiger partial charge in [-0.25, -0.2) is 0 Å². The number of rotatable bonds is 0. The topological polar surface area (TPSA) is 29.5 Å². The van der Waals surface area contributed by atoms with Crippen LogP contribution in [0.1, 0.15) is 12.5 Å². The van der Waals surface area contributed by atoms with Gasteiger partial charge >= 0.3 is 0 Å². The lowest BCUT2D eigenvalue weighted by Gasteiger charge is -2.30. The third-order valence-corrected chi connectivity index (χ3v) is 3.31. The first kappa shape index (κ1) is 10.4. The molecule has 2 rings (SSSR count). The van der Waals surface area contributed by atoms with Crippen molar-refractivity contribution in [1.82, 2.24) is 0 Å². The summed E-state index contributed by atoms with van der Waals surface area (Å²) in [6, 6.07) is 3.93. The molecule has 2 atom stereocenters. The van der Waals surface area contributed by atoms with Crippen molar-refractivity contribution in [2.45, 2.75) is 20.0 Å². The van der Waals surface area contributed by atoms with E-state index in [1.807, 2.05) is 19.1 Å². The van der Waals surface area contributed by atoms with Crippen molar-refractivity contribution in [2.75, 3.05) is 11.9 Å². The Morgan fingerprint density at radius 3 is 2.80 bits per heavy atom. The highest BCUT2D eigenvalue weighted by molar-refractivity contribution is 7.27. The van der Waals surface area contributed by atoms with E-state index in [0.717, 1.165) is 22.3 Å². The van der Waals surface area contributed by atoms with E-state index in [1.165, 1.54) is 0 Å². The quantitative estimate of drug-likeness (QED) is 0.619. The first-order valence-corrected chi connectivity index (χ1v) is 5.43. The molecule has 1 aromatic carbocycles. The van der Waals surface area contributed by atoms with Gasteiger partial charge in [0.25, 0.3) is 5.91 Å². The van der Waals surface area contributed by atoms with Crippen molar-refractivity contribution < 1.29 is 9.53 Å². The van der Waals surface area contributed by atoms with Gasteiger partial charge in [-0.3, -0.25) is 4.79 Å². The normalized spacial score (nSPS) is 19.9. The lowest BCUT2D eigenvalue weighted by molar-refractivity contribution is -0.125. The number of carbonyl (C=O) groups is 1. The lowest BCUT2D eigenvalue weighted by Crippen LogP contribution is -2.42. The van der Waals surface area contributed by atoms with Crippen LogP contribution in [-0.2, 0) is 4.79 Å². The number of likely N-dealkylation sites (N-methyl/N-ethyl adjacent to an activating group) is 1. The Labute approximate surface area is 91.6 Å². The van der Waals surface area contributed by atoms with Gasteiger partial charge in [-0.05, 0) is 36.8 Å². The maximum atomic E-state index is 11.7. The molecule has 0 saturated heterocycles. The van der Waals surface area contributed by atoms with Gasteiger partial charge < -0.3 is 9.64 Å². The van der Waals surface area contributed by atoms with Crippen LogP contribution in [0.4, 0.5) is 5.69 Å². The van der Waals surface area contributed by atoms with Crippen molar-refractivity contribution in [3.05, 3.63) is 17.7 Å². The van der Waals surface area contributed by atoms with Gasteiger partial charge in [-0.2, -0.15) is 0 Å². The molecule has 1 aliphatic rings. The predicted molar refractivity (Wildman–Crippen MR) is 64.0 cm³/mol. The molecule has 0 radical (unpaired) electrons. The van der Waals surface area contributed by atoms with E-state index in [1.54, 1.807) is 18.9 Å². The highest BCUT2D eigenvalue weighted by Gasteiger charge is 2.29. The van der Waals surface area contributed by atoms with Crippen LogP contribution in [-0.4, -0.2) is 19.1 Å². The predicted octanol–water partition coefficient (Wildman–Crippen LogP) is 1.24. The van der Waals surface area contributed by atoms with E-state index >= 15 is 0 Å². The minimum Gasteiger partial charge on any atom is -0.479 e. The average molecular weight is 223 g/mol. The van der Waals surface area contributed by atoms with Crippen molar-refractivity contribution in [3.63, 3.8) is 0 Å². The summed E-state index contributed by atoms with van der Waals surface area (Å²) >= 11 is 0. The molecule has 0 aliphatic carbocycles. The Bertz CT molecular complexity index is 431. The molecule has 1 aliphatic heterocycles. The number of fused-ring (bicyclic) bond motifs is 1. The summed E-state index contributed by atoms with van der Waals surface area (Å²) in [6.07, 6.45) is -0.391. The third-order valence-electron chi connectivity index (χ3n) is 2.69. The standard InChI is InChI=1S/C11H14NO2P/c1-6-4-9-8(5-10(6)15)12(3)11(13)7(2)14-9/h4-5,7H,15H2,1-3H3. The summed E-state index contributed by atoms with van der Waals surface area (Å²) in [5, 5.41) is 1.09. The monoisotopic (exact) mass is 223 g/mol. The van der Waals surface area contributed by atoms with Crippen LogP contribution in [0.5, 0.6) is 5.75 Å². The second kappa shape index (κ2) is 3.49. The summed E-state index contributed by atoms with van der Waals surface area (Å²) in [6.45, 7) is 3.79. The Morgan fingerprint density at radius 1 is 1.47 bits per heavy atom. The molecule has 1 amide bonds. The van der Waals surface area contributed by atoms with E-state index < -0.39 is 6.10 Å². The highest BCUT2D eigenvalue weighted by atomic mass is 31.0. The lowest BCUT2D eigenvalue weighted by atomic mass is 10.1. The van der Waals surface area contributed by atoms with Crippen molar-refractivity contribution >= 4 is 26.1 Å². The first-order chi connectivity index (χ1) is 7.00. The number of hydrogen-bond acceptors (Lipinski definition) is 2. The Morgan fingerprint density at radius 2 is 2.13 bits per heavy atom. The van der Waals surface area contributed by atoms with E-state index in [2.05, 4.69) is 9.24 Å². The van der Waals surface area contributed by atoms with Gasteiger partial charge in [0.2, 0.25) is 0 Å². The maximum absolute atomic E-state index is 11.7. The van der Waals surface area contributed by atoms with Gasteiger partial charge in [0.1, 0.15) is 5.75 Å². The Balaban J connectivity index is 2.56. The smallest absolute Gasteiger partial charge is 0.267 e. The van der Waals surface area contributed by atoms with Gasteiger partial charge in [-0.1, -0.05) is 0 Å². The number of nitrogens with zero attached hydrogens (tertiary/aromatic N) is 1. The van der Waals surface area contributed by atoms with Crippen LogP contribution < -0.4 is 14.9 Å². The molecule has 4 heteroatoms. The molecule has 2 unspecified atom stereocenters. The van der Waals surface area contributed by atoms with E-state index in [0.29, 0.717) is 0 Å². The number of anilines is 1. The number of amides is 1. The molecule has 0 fully saturated rings. The zero-order valence-corrected chi connectivity index (χ0v) is 10.2. The van der Waals surface area contributed by atoms with Crippen LogP contribution in [0, 0.1) is 6.92 Å². The molecule has 15 heavy (non-hydrogen) atoms. The summed E-state index contributed by atoms with van der Waals surface area (Å²) in [5.74, 6) is 0.782. The Kier molecular flexibility index (Phi) is 2.43. The second-order valence-corrected chi connectivity index (χ2v) is 4.46. The number of hydrogen-bond donors (Lipinski definition) is 0. The minimum absolute atomic E-state index is 0.00393. The first-order valence-electron chi connectivity index (χ1n) is 4.85. The maximum Gasteiger partial charge on any atom is 0.267 e. The number of ether oxygens (including phenoxy) is 1. The fraction of sp³-hybridized carbons (Fsp3) is 0.364. The van der Waals surface area contributed by atoms with Gasteiger partial charge in [0, 0.05) is 7.05 Å². The summed E-state index contributed by atoms with van der Waals surface area (Å²) in [4.78, 5) is 13.3. The largest absolute Gasteiger partial charge is 0.479 e. The fourth-order valence-corrected chi connectivity index (χ4v) is 1.92. The second-order valence-electron chi connectivity index (χ2n) is 3.83. The molecule has 1 aromatic rings. The molecule has 3 nitrogen and oxygen atoms in total. The third kappa shape index (κ3) is 1.61. The zero-order chi connectivity index (χ0) is 11.2. The van der Waals surface area contributed by atoms with E-state index in [-0.39, 0.29) is 5.91 Å². The number of benzene rings is 1. The molecular formula is C11H14NO2P. The van der Waals surface area contributed by atoms with Crippen LogP contribution in [0.15, 0.2) is 12.1 Å². The molecule has 0 saturated carbocycles. The van der Waals surface area contributed by atoms with E-state index in [4.69, 9.17) is 4.74 Å². The number of carbonyl (C=O) groups excluding carboxylic acids is 1. The molecular weight excluding hydrogens is 209 g/mol. The van der Waals surface area contributed by atoms with Crippen LogP contribution >= 0.6 is 9.24 Å². The summed E-state index contributed by atoms with van der Waals surface area (Å²) in [5.41, 5.74) is 1.99. The molecule has 0 bridgehead atoms. The SMILES string of the molecule is Cc1cc2c(cc1P)N(C)C(=O)C(C)O2. The van der Waals surface area contributed by atoms with Crippen LogP contribution in [0.25, 0.3) is 0 Å². The Hall–Kier alpha value is -1.08. The van der Waals surface area contributed by atoms with Gasteiger partial charge in [-0.15, -0.1) is 9.24 Å². The van der Waals surface area contributed by atoms with Gasteiger partial charge in [0.05, 0.1) is 5.69 Å². The fourth-order valence-electron chi connectivity index (χ4n) is 1.67. The average Bonchev–Trinajstić information content (AvgIpc) is 2.19. The van der Waals surface area contributed by atoms with Crippen molar-refractivity contribution in [3.8, 4) is 5.75 Å². The summed E-state index contributed by atoms with van der Waals surface area (Å²) in [7, 11) is 4.44.